The lowest BCUT2D eigenvalue weighted by Crippen LogP contribution is -2.01. The second kappa shape index (κ2) is 6.36. The Kier molecular flexibility index (Phi) is 4.27. The Hall–Kier alpha value is -2.44. The van der Waals surface area contributed by atoms with E-state index in [9.17, 15) is 10.2 Å². The van der Waals surface area contributed by atoms with Crippen molar-refractivity contribution in [2.75, 3.05) is 21.0 Å². The first kappa shape index (κ1) is 15.5. The van der Waals surface area contributed by atoms with E-state index in [1.165, 1.54) is 7.11 Å². The molecule has 0 bridgehead atoms. The lowest BCUT2D eigenvalue weighted by molar-refractivity contribution is 0.174. The van der Waals surface area contributed by atoms with Gasteiger partial charge in [0.1, 0.15) is 0 Å². The van der Waals surface area contributed by atoms with E-state index in [0.717, 1.165) is 0 Å². The summed E-state index contributed by atoms with van der Waals surface area (Å²) >= 11 is 0. The molecule has 3 rings (SSSR count). The van der Waals surface area contributed by atoms with E-state index in [0.29, 0.717) is 45.3 Å². The molecule has 0 unspecified atom stereocenters. The molecule has 0 saturated heterocycles. The third kappa shape index (κ3) is 2.46. The van der Waals surface area contributed by atoms with Gasteiger partial charge in [0.15, 0.2) is 23.0 Å². The van der Waals surface area contributed by atoms with Gasteiger partial charge in [-0.1, -0.05) is 12.1 Å². The van der Waals surface area contributed by atoms with Gasteiger partial charge in [-0.3, -0.25) is 0 Å². The van der Waals surface area contributed by atoms with Gasteiger partial charge < -0.3 is 29.2 Å². The molecule has 0 radical (unpaired) electrons. The predicted octanol–water partition coefficient (Wildman–Crippen LogP) is 2.08. The summed E-state index contributed by atoms with van der Waals surface area (Å²) in [6, 6.07) is 7.01. The molecular formula is C17H18O6. The molecule has 2 aromatic rings. The summed E-state index contributed by atoms with van der Waals surface area (Å²) in [4.78, 5) is 0. The molecule has 1 heterocycles. The van der Waals surface area contributed by atoms with E-state index in [-0.39, 0.29) is 20.0 Å². The van der Waals surface area contributed by atoms with Crippen LogP contribution < -0.4 is 18.9 Å². The molecule has 1 aliphatic heterocycles. The fourth-order valence-corrected chi connectivity index (χ4v) is 2.79. The van der Waals surface area contributed by atoms with Crippen LogP contribution in [0.25, 0.3) is 11.1 Å². The van der Waals surface area contributed by atoms with E-state index in [4.69, 9.17) is 18.9 Å². The first-order valence-electron chi connectivity index (χ1n) is 7.12. The van der Waals surface area contributed by atoms with Crippen LogP contribution in [-0.4, -0.2) is 31.2 Å². The van der Waals surface area contributed by atoms with Crippen LogP contribution in [0.5, 0.6) is 23.0 Å². The summed E-state index contributed by atoms with van der Waals surface area (Å²) in [7, 11) is 3.07. The highest BCUT2D eigenvalue weighted by Crippen LogP contribution is 2.50. The molecule has 1 aliphatic rings. The Morgan fingerprint density at radius 2 is 1.61 bits per heavy atom. The zero-order chi connectivity index (χ0) is 16.4. The van der Waals surface area contributed by atoms with E-state index >= 15 is 0 Å². The van der Waals surface area contributed by atoms with Gasteiger partial charge in [0, 0.05) is 11.1 Å². The maximum absolute atomic E-state index is 9.74. The normalized spacial score (nSPS) is 12.3. The number of fused-ring (bicyclic) bond motifs is 1. The third-order valence-electron chi connectivity index (χ3n) is 3.85. The fraction of sp³-hybridized carbons (Fsp3) is 0.294. The second-order valence-electron chi connectivity index (χ2n) is 4.98. The molecule has 2 N–H and O–H groups in total. The number of hydrogen-bond donors (Lipinski definition) is 2. The van der Waals surface area contributed by atoms with Crippen molar-refractivity contribution < 1.29 is 29.2 Å². The average Bonchev–Trinajstić information content (AvgIpc) is 3.08. The molecule has 0 spiro atoms. The lowest BCUT2D eigenvalue weighted by Gasteiger charge is -2.19. The Morgan fingerprint density at radius 3 is 2.26 bits per heavy atom. The number of methoxy groups -OCH3 is 2. The molecule has 23 heavy (non-hydrogen) atoms. The smallest absolute Gasteiger partial charge is 0.231 e. The minimum Gasteiger partial charge on any atom is -0.493 e. The monoisotopic (exact) mass is 318 g/mol. The van der Waals surface area contributed by atoms with Crippen molar-refractivity contribution in [2.45, 2.75) is 13.2 Å². The number of aliphatic hydroxyl groups excluding tert-OH is 2. The van der Waals surface area contributed by atoms with Crippen molar-refractivity contribution in [2.24, 2.45) is 0 Å². The maximum atomic E-state index is 9.74. The lowest BCUT2D eigenvalue weighted by atomic mass is 9.93. The van der Waals surface area contributed by atoms with Crippen LogP contribution in [0.2, 0.25) is 0 Å². The molecule has 2 aromatic carbocycles. The van der Waals surface area contributed by atoms with Crippen LogP contribution in [0, 0.1) is 0 Å². The van der Waals surface area contributed by atoms with Crippen LogP contribution >= 0.6 is 0 Å². The zero-order valence-corrected chi connectivity index (χ0v) is 13.0. The van der Waals surface area contributed by atoms with Gasteiger partial charge in [-0.05, 0) is 23.3 Å². The van der Waals surface area contributed by atoms with Gasteiger partial charge in [-0.15, -0.1) is 0 Å². The largest absolute Gasteiger partial charge is 0.493 e. The predicted molar refractivity (Wildman–Crippen MR) is 83.0 cm³/mol. The quantitative estimate of drug-likeness (QED) is 0.879. The number of rotatable bonds is 5. The molecule has 0 fully saturated rings. The summed E-state index contributed by atoms with van der Waals surface area (Å²) in [5, 5.41) is 19.5. The van der Waals surface area contributed by atoms with Gasteiger partial charge in [0.05, 0.1) is 27.4 Å². The Bertz CT molecular complexity index is 726. The Labute approximate surface area is 133 Å². The van der Waals surface area contributed by atoms with Gasteiger partial charge in [0.25, 0.3) is 0 Å². The van der Waals surface area contributed by atoms with Crippen LogP contribution in [0.4, 0.5) is 0 Å². The van der Waals surface area contributed by atoms with Crippen molar-refractivity contribution in [1.82, 2.24) is 0 Å². The van der Waals surface area contributed by atoms with Gasteiger partial charge in [-0.2, -0.15) is 0 Å². The van der Waals surface area contributed by atoms with E-state index in [1.54, 1.807) is 31.4 Å². The molecule has 0 atom stereocenters. The molecule has 6 heteroatoms. The van der Waals surface area contributed by atoms with Gasteiger partial charge in [-0.25, -0.2) is 0 Å². The molecule has 122 valence electrons. The third-order valence-corrected chi connectivity index (χ3v) is 3.85. The van der Waals surface area contributed by atoms with Crippen LogP contribution in [0.1, 0.15) is 11.1 Å². The number of ether oxygens (including phenoxy) is 4. The summed E-state index contributed by atoms with van der Waals surface area (Å²) in [5.41, 5.74) is 2.56. The topological polar surface area (TPSA) is 77.4 Å². The first-order valence-corrected chi connectivity index (χ1v) is 7.12. The summed E-state index contributed by atoms with van der Waals surface area (Å²) < 4.78 is 21.9. The highest BCUT2D eigenvalue weighted by molar-refractivity contribution is 5.85. The van der Waals surface area contributed by atoms with Crippen molar-refractivity contribution >= 4 is 0 Å². The summed E-state index contributed by atoms with van der Waals surface area (Å²) in [6.07, 6.45) is 0. The fourth-order valence-electron chi connectivity index (χ4n) is 2.79. The van der Waals surface area contributed by atoms with Crippen molar-refractivity contribution in [3.8, 4) is 34.1 Å². The SMILES string of the molecule is COc1ccc(CO)c(-c2c(CO)ccc3c2OCO3)c1OC. The summed E-state index contributed by atoms with van der Waals surface area (Å²) in [6.45, 7) is -0.264. The summed E-state index contributed by atoms with van der Waals surface area (Å²) in [5.74, 6) is 2.11. The zero-order valence-electron chi connectivity index (χ0n) is 13.0. The van der Waals surface area contributed by atoms with E-state index < -0.39 is 0 Å². The Balaban J connectivity index is 2.36. The molecule has 0 saturated carbocycles. The van der Waals surface area contributed by atoms with Crippen molar-refractivity contribution in [3.63, 3.8) is 0 Å². The standard InChI is InChI=1S/C17H18O6/c1-20-12-5-3-10(7-18)14(16(12)21-2)15-11(8-19)4-6-13-17(15)23-9-22-13/h3-6,18-19H,7-9H2,1-2H3. The average molecular weight is 318 g/mol. The number of hydrogen-bond acceptors (Lipinski definition) is 6. The number of benzene rings is 2. The minimum absolute atomic E-state index is 0.109. The van der Waals surface area contributed by atoms with Crippen LogP contribution in [0.15, 0.2) is 24.3 Å². The maximum Gasteiger partial charge on any atom is 0.231 e. The highest BCUT2D eigenvalue weighted by Gasteiger charge is 2.27. The first-order chi connectivity index (χ1) is 11.2. The molecule has 6 nitrogen and oxygen atoms in total. The highest BCUT2D eigenvalue weighted by atomic mass is 16.7. The van der Waals surface area contributed by atoms with Gasteiger partial charge >= 0.3 is 0 Å². The number of aliphatic hydroxyl groups is 2. The second-order valence-corrected chi connectivity index (χ2v) is 4.98. The van der Waals surface area contributed by atoms with E-state index in [2.05, 4.69) is 0 Å². The molecule has 0 aromatic heterocycles. The van der Waals surface area contributed by atoms with Crippen molar-refractivity contribution in [1.29, 1.82) is 0 Å². The molecule has 0 amide bonds. The molecular weight excluding hydrogens is 300 g/mol. The molecule has 0 aliphatic carbocycles. The van der Waals surface area contributed by atoms with Crippen molar-refractivity contribution in [3.05, 3.63) is 35.4 Å². The van der Waals surface area contributed by atoms with Crippen LogP contribution in [0.3, 0.4) is 0 Å². The Morgan fingerprint density at radius 1 is 0.913 bits per heavy atom. The van der Waals surface area contributed by atoms with Crippen LogP contribution in [-0.2, 0) is 13.2 Å². The van der Waals surface area contributed by atoms with E-state index in [1.807, 2.05) is 0 Å². The van der Waals surface area contributed by atoms with Gasteiger partial charge in [0.2, 0.25) is 6.79 Å². The minimum atomic E-state index is -0.189.